The zero-order valence-electron chi connectivity index (χ0n) is 14.4. The number of ether oxygens (including phenoxy) is 1. The summed E-state index contributed by atoms with van der Waals surface area (Å²) in [6.45, 7) is 4.56. The number of nitrogens with zero attached hydrogens (tertiary/aromatic N) is 2. The zero-order valence-corrected chi connectivity index (χ0v) is 14.4. The molecule has 128 valence electrons. The summed E-state index contributed by atoms with van der Waals surface area (Å²) in [5.74, 6) is -0.524. The Morgan fingerprint density at radius 3 is 2.48 bits per heavy atom. The molecule has 0 amide bonds. The number of hydrogen-bond donors (Lipinski definition) is 0. The summed E-state index contributed by atoms with van der Waals surface area (Å²) in [5, 5.41) is 5.26. The van der Waals surface area contributed by atoms with Crippen molar-refractivity contribution in [2.75, 3.05) is 0 Å². The van der Waals surface area contributed by atoms with Crippen molar-refractivity contribution in [3.8, 4) is 0 Å². The maximum atomic E-state index is 12.6. The molecule has 3 rings (SSSR count). The van der Waals surface area contributed by atoms with E-state index in [2.05, 4.69) is 5.10 Å². The Morgan fingerprint density at radius 2 is 1.76 bits per heavy atom. The van der Waals surface area contributed by atoms with E-state index in [0.29, 0.717) is 17.3 Å². The number of carbonyl (C=O) groups is 1. The van der Waals surface area contributed by atoms with Gasteiger partial charge in [-0.05, 0) is 30.5 Å². The van der Waals surface area contributed by atoms with Gasteiger partial charge in [0.15, 0.2) is 5.69 Å². The molecule has 1 heterocycles. The third kappa shape index (κ3) is 3.45. The van der Waals surface area contributed by atoms with Gasteiger partial charge in [-0.25, -0.2) is 9.48 Å². The second-order valence-corrected chi connectivity index (χ2v) is 5.93. The topological polar surface area (TPSA) is 61.2 Å². The molecule has 0 atom stereocenters. The molecule has 5 heteroatoms. The highest BCUT2D eigenvalue weighted by Crippen LogP contribution is 2.16. The Hall–Kier alpha value is -2.95. The summed E-state index contributed by atoms with van der Waals surface area (Å²) >= 11 is 0. The van der Waals surface area contributed by atoms with E-state index in [-0.39, 0.29) is 17.9 Å². The average Bonchev–Trinajstić information content (AvgIpc) is 2.63. The average molecular weight is 336 g/mol. The Labute approximate surface area is 145 Å². The van der Waals surface area contributed by atoms with Crippen molar-refractivity contribution in [3.63, 3.8) is 0 Å². The number of fused-ring (bicyclic) bond motifs is 1. The maximum absolute atomic E-state index is 12.6. The summed E-state index contributed by atoms with van der Waals surface area (Å²) in [7, 11) is 0. The molecule has 0 radical (unpaired) electrons. The van der Waals surface area contributed by atoms with Gasteiger partial charge < -0.3 is 4.74 Å². The Kier molecular flexibility index (Phi) is 4.93. The van der Waals surface area contributed by atoms with Crippen molar-refractivity contribution in [1.82, 2.24) is 9.78 Å². The summed E-state index contributed by atoms with van der Waals surface area (Å²) < 4.78 is 6.80. The van der Waals surface area contributed by atoms with E-state index in [1.54, 1.807) is 24.3 Å². The SMILES string of the molecule is CCCn1nc(C(=O)OCc2ccccc2C)c2ccccc2c1=O. The lowest BCUT2D eigenvalue weighted by molar-refractivity contribution is 0.0464. The van der Waals surface area contributed by atoms with Gasteiger partial charge in [-0.3, -0.25) is 4.79 Å². The van der Waals surface area contributed by atoms with Gasteiger partial charge in [0.1, 0.15) is 6.61 Å². The fraction of sp³-hybridized carbons (Fsp3) is 0.250. The highest BCUT2D eigenvalue weighted by molar-refractivity contribution is 6.02. The molecule has 0 aliphatic heterocycles. The van der Waals surface area contributed by atoms with Crippen LogP contribution in [-0.2, 0) is 17.9 Å². The molecule has 0 unspecified atom stereocenters. The smallest absolute Gasteiger partial charge is 0.359 e. The van der Waals surface area contributed by atoms with Crippen LogP contribution in [0.2, 0.25) is 0 Å². The van der Waals surface area contributed by atoms with Gasteiger partial charge in [0, 0.05) is 11.9 Å². The first-order valence-corrected chi connectivity index (χ1v) is 8.33. The standard InChI is InChI=1S/C20H20N2O3/c1-3-12-22-19(23)17-11-7-6-10-16(17)18(21-22)20(24)25-13-15-9-5-4-8-14(15)2/h4-11H,3,12-13H2,1-2H3. The number of rotatable bonds is 5. The minimum atomic E-state index is -0.524. The molecule has 5 nitrogen and oxygen atoms in total. The van der Waals surface area contributed by atoms with Crippen LogP contribution in [0.3, 0.4) is 0 Å². The van der Waals surface area contributed by atoms with Crippen molar-refractivity contribution in [2.45, 2.75) is 33.4 Å². The van der Waals surface area contributed by atoms with Crippen molar-refractivity contribution in [3.05, 3.63) is 75.7 Å². The number of aromatic nitrogens is 2. The summed E-state index contributed by atoms with van der Waals surface area (Å²) in [5.41, 5.74) is 2.00. The molecule has 0 bridgehead atoms. The van der Waals surface area contributed by atoms with E-state index in [1.807, 2.05) is 38.1 Å². The second-order valence-electron chi connectivity index (χ2n) is 5.93. The van der Waals surface area contributed by atoms with Gasteiger partial charge in [-0.1, -0.05) is 49.4 Å². The largest absolute Gasteiger partial charge is 0.456 e. The zero-order chi connectivity index (χ0) is 17.8. The van der Waals surface area contributed by atoms with Crippen LogP contribution in [0.25, 0.3) is 10.8 Å². The van der Waals surface area contributed by atoms with Gasteiger partial charge >= 0.3 is 5.97 Å². The third-order valence-electron chi connectivity index (χ3n) is 4.12. The molecule has 25 heavy (non-hydrogen) atoms. The molecule has 0 aliphatic rings. The van der Waals surface area contributed by atoms with Gasteiger partial charge in [-0.15, -0.1) is 0 Å². The molecule has 1 aromatic heterocycles. The molecule has 0 N–H and O–H groups in total. The molecule has 0 spiro atoms. The van der Waals surface area contributed by atoms with Crippen molar-refractivity contribution >= 4 is 16.7 Å². The van der Waals surface area contributed by atoms with Crippen LogP contribution < -0.4 is 5.56 Å². The highest BCUT2D eigenvalue weighted by Gasteiger charge is 2.18. The van der Waals surface area contributed by atoms with Gasteiger partial charge in [0.25, 0.3) is 5.56 Å². The predicted octanol–water partition coefficient (Wildman–Crippen LogP) is 3.47. The van der Waals surface area contributed by atoms with E-state index in [1.165, 1.54) is 4.68 Å². The number of benzene rings is 2. The minimum absolute atomic E-state index is 0.175. The van der Waals surface area contributed by atoms with Crippen LogP contribution >= 0.6 is 0 Å². The van der Waals surface area contributed by atoms with E-state index in [9.17, 15) is 9.59 Å². The number of hydrogen-bond acceptors (Lipinski definition) is 4. The third-order valence-corrected chi connectivity index (χ3v) is 4.12. The maximum Gasteiger partial charge on any atom is 0.359 e. The predicted molar refractivity (Wildman–Crippen MR) is 96.6 cm³/mol. The minimum Gasteiger partial charge on any atom is -0.456 e. The quantitative estimate of drug-likeness (QED) is 0.669. The van der Waals surface area contributed by atoms with E-state index < -0.39 is 5.97 Å². The van der Waals surface area contributed by atoms with Crippen LogP contribution in [0.15, 0.2) is 53.3 Å². The van der Waals surface area contributed by atoms with Crippen molar-refractivity contribution in [2.24, 2.45) is 0 Å². The van der Waals surface area contributed by atoms with Gasteiger partial charge in [0.05, 0.1) is 5.39 Å². The molecule has 0 saturated carbocycles. The Balaban J connectivity index is 1.96. The van der Waals surface area contributed by atoms with Gasteiger partial charge in [0.2, 0.25) is 0 Å². The number of aryl methyl sites for hydroxylation is 2. The first-order valence-electron chi connectivity index (χ1n) is 8.33. The monoisotopic (exact) mass is 336 g/mol. The second kappa shape index (κ2) is 7.30. The van der Waals surface area contributed by atoms with Crippen LogP contribution in [0.1, 0.15) is 35.0 Å². The first-order chi connectivity index (χ1) is 12.1. The van der Waals surface area contributed by atoms with E-state index in [0.717, 1.165) is 17.5 Å². The van der Waals surface area contributed by atoms with Crippen LogP contribution in [-0.4, -0.2) is 15.7 Å². The Morgan fingerprint density at radius 1 is 1.08 bits per heavy atom. The molecular formula is C20H20N2O3. The lowest BCUT2D eigenvalue weighted by atomic mass is 10.1. The fourth-order valence-corrected chi connectivity index (χ4v) is 2.73. The van der Waals surface area contributed by atoms with Gasteiger partial charge in [-0.2, -0.15) is 5.10 Å². The molecule has 3 aromatic rings. The van der Waals surface area contributed by atoms with Crippen LogP contribution in [0.5, 0.6) is 0 Å². The van der Waals surface area contributed by atoms with Crippen molar-refractivity contribution in [1.29, 1.82) is 0 Å². The normalized spacial score (nSPS) is 10.8. The highest BCUT2D eigenvalue weighted by atomic mass is 16.5. The molecule has 2 aromatic carbocycles. The molecule has 0 saturated heterocycles. The Bertz CT molecular complexity index is 976. The van der Waals surface area contributed by atoms with Crippen LogP contribution in [0.4, 0.5) is 0 Å². The van der Waals surface area contributed by atoms with E-state index >= 15 is 0 Å². The van der Waals surface area contributed by atoms with Crippen LogP contribution in [0, 0.1) is 6.92 Å². The van der Waals surface area contributed by atoms with Crippen molar-refractivity contribution < 1.29 is 9.53 Å². The number of carbonyl (C=O) groups excluding carboxylic acids is 1. The first kappa shape index (κ1) is 16.9. The summed E-state index contributed by atoms with van der Waals surface area (Å²) in [6, 6.07) is 14.7. The molecule has 0 fully saturated rings. The fourth-order valence-electron chi connectivity index (χ4n) is 2.73. The number of esters is 1. The molecular weight excluding hydrogens is 316 g/mol. The lowest BCUT2D eigenvalue weighted by Gasteiger charge is -2.11. The van der Waals surface area contributed by atoms with E-state index in [4.69, 9.17) is 4.74 Å². The summed E-state index contributed by atoms with van der Waals surface area (Å²) in [6.07, 6.45) is 0.753. The summed E-state index contributed by atoms with van der Waals surface area (Å²) in [4.78, 5) is 25.1. The lowest BCUT2D eigenvalue weighted by Crippen LogP contribution is -2.26. The molecule has 0 aliphatic carbocycles.